The van der Waals surface area contributed by atoms with Crippen molar-refractivity contribution in [3.63, 3.8) is 0 Å². The summed E-state index contributed by atoms with van der Waals surface area (Å²) in [6, 6.07) is 10.6. The molecule has 34 heavy (non-hydrogen) atoms. The molecule has 0 radical (unpaired) electrons. The van der Waals surface area contributed by atoms with Crippen LogP contribution in [0.4, 0.5) is 11.5 Å². The third kappa shape index (κ3) is 4.92. The topological polar surface area (TPSA) is 51.5 Å². The van der Waals surface area contributed by atoms with Crippen LogP contribution in [0.25, 0.3) is 0 Å². The fourth-order valence-electron chi connectivity index (χ4n) is 5.31. The monoisotopic (exact) mass is 462 g/mol. The van der Waals surface area contributed by atoms with Crippen LogP contribution in [0.15, 0.2) is 30.3 Å². The van der Waals surface area contributed by atoms with Gasteiger partial charge in [-0.2, -0.15) is 5.10 Å². The SMILES string of the molecule is COc1ccc(CNCCCc2c3c(nn2C)N(c2c(C)cc(C)cc2C)CCC3)cc1OC. The number of anilines is 2. The summed E-state index contributed by atoms with van der Waals surface area (Å²) in [5.41, 5.74) is 9.29. The maximum atomic E-state index is 5.41. The quantitative estimate of drug-likeness (QED) is 0.445. The number of nitrogens with zero attached hydrogens (tertiary/aromatic N) is 3. The molecule has 0 bridgehead atoms. The van der Waals surface area contributed by atoms with Crippen molar-refractivity contribution in [1.29, 1.82) is 0 Å². The Morgan fingerprint density at radius 3 is 2.44 bits per heavy atom. The van der Waals surface area contributed by atoms with Gasteiger partial charge in [0.2, 0.25) is 0 Å². The van der Waals surface area contributed by atoms with E-state index in [2.05, 4.69) is 60.9 Å². The number of hydrogen-bond donors (Lipinski definition) is 1. The van der Waals surface area contributed by atoms with E-state index in [1.807, 2.05) is 12.1 Å². The molecule has 182 valence electrons. The molecule has 0 saturated carbocycles. The van der Waals surface area contributed by atoms with E-state index in [9.17, 15) is 0 Å². The van der Waals surface area contributed by atoms with Crippen molar-refractivity contribution in [1.82, 2.24) is 15.1 Å². The highest BCUT2D eigenvalue weighted by Gasteiger charge is 2.27. The van der Waals surface area contributed by atoms with Crippen molar-refractivity contribution in [2.45, 2.75) is 53.0 Å². The molecule has 3 aromatic rings. The van der Waals surface area contributed by atoms with Gasteiger partial charge in [0.15, 0.2) is 17.3 Å². The molecule has 0 saturated heterocycles. The number of aromatic nitrogens is 2. The van der Waals surface area contributed by atoms with Crippen LogP contribution >= 0.6 is 0 Å². The molecular formula is C28H38N4O2. The first kappa shape index (κ1) is 24.1. The van der Waals surface area contributed by atoms with Crippen LogP contribution in [0.1, 0.15) is 46.4 Å². The summed E-state index contributed by atoms with van der Waals surface area (Å²) in [5, 5.41) is 8.56. The molecule has 1 N–H and O–H groups in total. The first-order valence-corrected chi connectivity index (χ1v) is 12.2. The van der Waals surface area contributed by atoms with Gasteiger partial charge in [-0.15, -0.1) is 0 Å². The van der Waals surface area contributed by atoms with Crippen LogP contribution < -0.4 is 19.7 Å². The summed E-state index contributed by atoms with van der Waals surface area (Å²) in [7, 11) is 5.43. The van der Waals surface area contributed by atoms with Gasteiger partial charge in [0.05, 0.1) is 14.2 Å². The summed E-state index contributed by atoms with van der Waals surface area (Å²) < 4.78 is 12.9. The smallest absolute Gasteiger partial charge is 0.161 e. The first-order chi connectivity index (χ1) is 16.4. The first-order valence-electron chi connectivity index (χ1n) is 12.2. The maximum absolute atomic E-state index is 5.41. The highest BCUT2D eigenvalue weighted by atomic mass is 16.5. The van der Waals surface area contributed by atoms with Crippen LogP contribution in [-0.2, 0) is 26.4 Å². The molecule has 0 aliphatic carbocycles. The Labute approximate surface area is 203 Å². The van der Waals surface area contributed by atoms with Crippen LogP contribution in [0.3, 0.4) is 0 Å². The van der Waals surface area contributed by atoms with E-state index in [1.165, 1.54) is 39.2 Å². The van der Waals surface area contributed by atoms with Crippen LogP contribution in [0.5, 0.6) is 11.5 Å². The van der Waals surface area contributed by atoms with Gasteiger partial charge in [0, 0.05) is 37.1 Å². The lowest BCUT2D eigenvalue weighted by Gasteiger charge is -2.31. The van der Waals surface area contributed by atoms with Crippen molar-refractivity contribution in [2.24, 2.45) is 7.05 Å². The molecule has 0 atom stereocenters. The molecule has 1 aromatic heterocycles. The van der Waals surface area contributed by atoms with Crippen molar-refractivity contribution in [3.8, 4) is 11.5 Å². The number of rotatable bonds is 9. The normalized spacial score (nSPS) is 13.2. The second kappa shape index (κ2) is 10.5. The molecule has 0 unspecified atom stereocenters. The zero-order valence-corrected chi connectivity index (χ0v) is 21.5. The number of nitrogens with one attached hydrogen (secondary N) is 1. The average Bonchev–Trinajstić information content (AvgIpc) is 3.14. The van der Waals surface area contributed by atoms with Gasteiger partial charge in [-0.1, -0.05) is 23.8 Å². The number of benzene rings is 2. The summed E-state index contributed by atoms with van der Waals surface area (Å²) in [6.07, 6.45) is 4.37. The maximum Gasteiger partial charge on any atom is 0.161 e. The summed E-state index contributed by atoms with van der Waals surface area (Å²) >= 11 is 0. The van der Waals surface area contributed by atoms with Crippen LogP contribution in [0, 0.1) is 20.8 Å². The predicted octanol–water partition coefficient (Wildman–Crippen LogP) is 5.17. The molecular weight excluding hydrogens is 424 g/mol. The van der Waals surface area contributed by atoms with Crippen molar-refractivity contribution in [3.05, 3.63) is 63.8 Å². The van der Waals surface area contributed by atoms with E-state index in [0.717, 1.165) is 62.6 Å². The fourth-order valence-corrected chi connectivity index (χ4v) is 5.31. The third-order valence-corrected chi connectivity index (χ3v) is 6.77. The van der Waals surface area contributed by atoms with Crippen LogP contribution in [-0.4, -0.2) is 37.1 Å². The second-order valence-electron chi connectivity index (χ2n) is 9.34. The Hall–Kier alpha value is -2.99. The Morgan fingerprint density at radius 2 is 1.74 bits per heavy atom. The minimum absolute atomic E-state index is 0.761. The van der Waals surface area contributed by atoms with Gasteiger partial charge in [-0.25, -0.2) is 0 Å². The van der Waals surface area contributed by atoms with E-state index in [4.69, 9.17) is 14.6 Å². The third-order valence-electron chi connectivity index (χ3n) is 6.77. The Bertz CT molecular complexity index is 1130. The van der Waals surface area contributed by atoms with Gasteiger partial charge in [-0.3, -0.25) is 4.68 Å². The Kier molecular flexibility index (Phi) is 7.47. The van der Waals surface area contributed by atoms with Gasteiger partial charge in [0.25, 0.3) is 0 Å². The number of methoxy groups -OCH3 is 2. The van der Waals surface area contributed by atoms with Crippen molar-refractivity contribution in [2.75, 3.05) is 32.2 Å². The van der Waals surface area contributed by atoms with E-state index in [1.54, 1.807) is 14.2 Å². The molecule has 1 aliphatic rings. The number of ether oxygens (including phenoxy) is 2. The predicted molar refractivity (Wildman–Crippen MR) is 139 cm³/mol. The molecule has 4 rings (SSSR count). The summed E-state index contributed by atoms with van der Waals surface area (Å²) in [6.45, 7) is 9.40. The molecule has 0 fully saturated rings. The van der Waals surface area contributed by atoms with E-state index in [-0.39, 0.29) is 0 Å². The van der Waals surface area contributed by atoms with E-state index < -0.39 is 0 Å². The number of fused-ring (bicyclic) bond motifs is 1. The van der Waals surface area contributed by atoms with Gasteiger partial charge in [0.1, 0.15) is 0 Å². The Balaban J connectivity index is 1.40. The largest absolute Gasteiger partial charge is 0.493 e. The van der Waals surface area contributed by atoms with Gasteiger partial charge in [-0.05, 0) is 81.8 Å². The fraction of sp³-hybridized carbons (Fsp3) is 0.464. The van der Waals surface area contributed by atoms with Crippen molar-refractivity contribution >= 4 is 11.5 Å². The molecule has 0 amide bonds. The zero-order valence-electron chi connectivity index (χ0n) is 21.5. The molecule has 6 heteroatoms. The molecule has 1 aliphatic heterocycles. The van der Waals surface area contributed by atoms with Crippen molar-refractivity contribution < 1.29 is 9.47 Å². The second-order valence-corrected chi connectivity index (χ2v) is 9.34. The molecule has 2 heterocycles. The summed E-state index contributed by atoms with van der Waals surface area (Å²) in [4.78, 5) is 2.45. The highest BCUT2D eigenvalue weighted by Crippen LogP contribution is 2.38. The summed E-state index contributed by atoms with van der Waals surface area (Å²) in [5.74, 6) is 2.68. The van der Waals surface area contributed by atoms with E-state index >= 15 is 0 Å². The lowest BCUT2D eigenvalue weighted by molar-refractivity contribution is 0.354. The standard InChI is InChI=1S/C28H38N4O2/c1-19-15-20(2)27(21(3)16-19)32-14-8-9-23-24(31(4)30-28(23)32)10-7-13-29-18-22-11-12-25(33-5)26(17-22)34-6/h11-12,15-17,29H,7-10,13-14,18H2,1-6H3. The zero-order chi connectivity index (χ0) is 24.2. The average molecular weight is 463 g/mol. The minimum atomic E-state index is 0.761. The highest BCUT2D eigenvalue weighted by molar-refractivity contribution is 5.71. The lowest BCUT2D eigenvalue weighted by Crippen LogP contribution is -2.26. The van der Waals surface area contributed by atoms with Gasteiger partial charge >= 0.3 is 0 Å². The Morgan fingerprint density at radius 1 is 1.00 bits per heavy atom. The molecule has 0 spiro atoms. The van der Waals surface area contributed by atoms with Crippen LogP contribution in [0.2, 0.25) is 0 Å². The lowest BCUT2D eigenvalue weighted by atomic mass is 9.98. The van der Waals surface area contributed by atoms with E-state index in [0.29, 0.717) is 0 Å². The number of aryl methyl sites for hydroxylation is 4. The minimum Gasteiger partial charge on any atom is -0.493 e. The molecule has 6 nitrogen and oxygen atoms in total. The molecule has 2 aromatic carbocycles. The number of hydrogen-bond acceptors (Lipinski definition) is 5. The van der Waals surface area contributed by atoms with Gasteiger partial charge < -0.3 is 19.7 Å².